The van der Waals surface area contributed by atoms with Gasteiger partial charge in [-0.15, -0.1) is 12.4 Å². The average Bonchev–Trinajstić information content (AvgIpc) is 2.50. The Morgan fingerprint density at radius 1 is 1.13 bits per heavy atom. The molecule has 0 fully saturated rings. The van der Waals surface area contributed by atoms with Gasteiger partial charge in [-0.25, -0.2) is 0 Å². The lowest BCUT2D eigenvalue weighted by atomic mass is 9.81. The molecule has 3 nitrogen and oxygen atoms in total. The second-order valence-electron chi connectivity index (χ2n) is 6.99. The molecule has 0 aromatic heterocycles. The number of fused-ring (bicyclic) bond motifs is 1. The maximum Gasteiger partial charge on any atom is 0.223 e. The summed E-state index contributed by atoms with van der Waals surface area (Å²) in [4.78, 5) is 12.4. The van der Waals surface area contributed by atoms with Gasteiger partial charge in [-0.05, 0) is 27.8 Å². The Labute approximate surface area is 145 Å². The van der Waals surface area contributed by atoms with Crippen LogP contribution in [0.15, 0.2) is 42.5 Å². The molecule has 0 spiro atoms. The Balaban J connectivity index is 0.00000264. The van der Waals surface area contributed by atoms with E-state index in [9.17, 15) is 4.79 Å². The first-order valence-corrected chi connectivity index (χ1v) is 7.82. The van der Waals surface area contributed by atoms with E-state index >= 15 is 0 Å². The number of benzene rings is 2. The standard InChI is InChI=1S/C19H26N2O.ClH/c1-13(19(2,3)4)18(22)21-17(12-20)16-10-9-14-7-5-6-8-15(14)11-16;/h5-11,13,17H,12,20H2,1-4H3,(H,21,22);1H. The van der Waals surface area contributed by atoms with Crippen molar-refractivity contribution in [3.05, 3.63) is 48.0 Å². The molecule has 0 bridgehead atoms. The number of carbonyl (C=O) groups is 1. The summed E-state index contributed by atoms with van der Waals surface area (Å²) < 4.78 is 0. The monoisotopic (exact) mass is 334 g/mol. The fourth-order valence-electron chi connectivity index (χ4n) is 2.39. The molecule has 0 radical (unpaired) electrons. The van der Waals surface area contributed by atoms with Crippen molar-refractivity contribution in [1.82, 2.24) is 5.32 Å². The minimum absolute atomic E-state index is 0. The summed E-state index contributed by atoms with van der Waals surface area (Å²) >= 11 is 0. The lowest BCUT2D eigenvalue weighted by Crippen LogP contribution is -2.40. The molecule has 4 heteroatoms. The zero-order valence-corrected chi connectivity index (χ0v) is 15.1. The minimum Gasteiger partial charge on any atom is -0.348 e. The Morgan fingerprint density at radius 2 is 1.74 bits per heavy atom. The number of rotatable bonds is 4. The molecule has 0 saturated carbocycles. The smallest absolute Gasteiger partial charge is 0.223 e. The van der Waals surface area contributed by atoms with Gasteiger partial charge >= 0.3 is 0 Å². The number of amides is 1. The van der Waals surface area contributed by atoms with Gasteiger partial charge in [0.25, 0.3) is 0 Å². The lowest BCUT2D eigenvalue weighted by molar-refractivity contribution is -0.128. The van der Waals surface area contributed by atoms with E-state index < -0.39 is 0 Å². The quantitative estimate of drug-likeness (QED) is 0.885. The molecule has 2 aromatic rings. The fraction of sp³-hybridized carbons (Fsp3) is 0.421. The number of carbonyl (C=O) groups excluding carboxylic acids is 1. The van der Waals surface area contributed by atoms with Crippen molar-refractivity contribution in [2.45, 2.75) is 33.7 Å². The molecule has 0 aliphatic carbocycles. The molecule has 1 amide bonds. The molecule has 2 atom stereocenters. The van der Waals surface area contributed by atoms with Crippen LogP contribution in [0.1, 0.15) is 39.3 Å². The molecular weight excluding hydrogens is 308 g/mol. The van der Waals surface area contributed by atoms with Crippen LogP contribution in [0, 0.1) is 11.3 Å². The third-order valence-electron chi connectivity index (χ3n) is 4.42. The summed E-state index contributed by atoms with van der Waals surface area (Å²) in [5, 5.41) is 5.44. The van der Waals surface area contributed by atoms with Gasteiger partial charge < -0.3 is 11.1 Å². The highest BCUT2D eigenvalue weighted by molar-refractivity contribution is 5.85. The molecule has 23 heavy (non-hydrogen) atoms. The lowest BCUT2D eigenvalue weighted by Gasteiger charge is -2.28. The first kappa shape index (κ1) is 19.5. The highest BCUT2D eigenvalue weighted by atomic mass is 35.5. The van der Waals surface area contributed by atoms with Crippen LogP contribution in [0.4, 0.5) is 0 Å². The first-order chi connectivity index (χ1) is 10.3. The van der Waals surface area contributed by atoms with Crippen molar-refractivity contribution in [2.75, 3.05) is 6.54 Å². The summed E-state index contributed by atoms with van der Waals surface area (Å²) in [5.74, 6) is -0.0156. The topological polar surface area (TPSA) is 55.1 Å². The van der Waals surface area contributed by atoms with E-state index in [4.69, 9.17) is 5.73 Å². The molecule has 126 valence electrons. The van der Waals surface area contributed by atoms with Crippen LogP contribution < -0.4 is 11.1 Å². The van der Waals surface area contributed by atoms with E-state index in [0.29, 0.717) is 6.54 Å². The molecule has 0 heterocycles. The maximum absolute atomic E-state index is 12.4. The third kappa shape index (κ3) is 4.69. The van der Waals surface area contributed by atoms with Gasteiger partial charge in [0.15, 0.2) is 0 Å². The summed E-state index contributed by atoms with van der Waals surface area (Å²) in [6, 6.07) is 14.3. The Morgan fingerprint density at radius 3 is 2.30 bits per heavy atom. The molecule has 0 saturated heterocycles. The highest BCUT2D eigenvalue weighted by Gasteiger charge is 2.28. The SMILES string of the molecule is CC(C(=O)NC(CN)c1ccc2ccccc2c1)C(C)(C)C.Cl. The van der Waals surface area contributed by atoms with E-state index in [1.807, 2.05) is 25.1 Å². The Bertz CT molecular complexity index is 664. The molecule has 3 N–H and O–H groups in total. The Kier molecular flexibility index (Phi) is 6.60. The zero-order chi connectivity index (χ0) is 16.3. The van der Waals surface area contributed by atoms with Gasteiger partial charge in [-0.3, -0.25) is 4.79 Å². The molecule has 0 aliphatic heterocycles. The van der Waals surface area contributed by atoms with Crippen molar-refractivity contribution in [3.8, 4) is 0 Å². The van der Waals surface area contributed by atoms with Gasteiger partial charge in [0.1, 0.15) is 0 Å². The van der Waals surface area contributed by atoms with E-state index in [1.54, 1.807) is 0 Å². The van der Waals surface area contributed by atoms with Gasteiger partial charge in [-0.1, -0.05) is 64.1 Å². The number of nitrogens with two attached hydrogens (primary N) is 1. The summed E-state index contributed by atoms with van der Waals surface area (Å²) in [5.41, 5.74) is 6.88. The second-order valence-corrected chi connectivity index (χ2v) is 6.99. The fourth-order valence-corrected chi connectivity index (χ4v) is 2.39. The first-order valence-electron chi connectivity index (χ1n) is 7.82. The molecule has 2 unspecified atom stereocenters. The molecule has 0 aliphatic rings. The second kappa shape index (κ2) is 7.80. The predicted octanol–water partition coefficient (Wildman–Crippen LogP) is 4.06. The van der Waals surface area contributed by atoms with Gasteiger partial charge in [-0.2, -0.15) is 0 Å². The maximum atomic E-state index is 12.4. The number of nitrogens with one attached hydrogen (secondary N) is 1. The number of halogens is 1. The number of hydrogen-bond acceptors (Lipinski definition) is 2. The van der Waals surface area contributed by atoms with Crippen LogP contribution in [-0.2, 0) is 4.79 Å². The van der Waals surface area contributed by atoms with Crippen LogP contribution in [0.25, 0.3) is 10.8 Å². The van der Waals surface area contributed by atoms with Crippen LogP contribution >= 0.6 is 12.4 Å². The summed E-state index contributed by atoms with van der Waals surface area (Å²) in [6.07, 6.45) is 0. The zero-order valence-electron chi connectivity index (χ0n) is 14.3. The van der Waals surface area contributed by atoms with Crippen molar-refractivity contribution in [3.63, 3.8) is 0 Å². The van der Waals surface area contributed by atoms with E-state index in [1.165, 1.54) is 5.39 Å². The van der Waals surface area contributed by atoms with E-state index in [-0.39, 0.29) is 35.7 Å². The average molecular weight is 335 g/mol. The molecular formula is C19H27ClN2O. The van der Waals surface area contributed by atoms with E-state index in [2.05, 4.69) is 50.4 Å². The molecule has 2 aromatic carbocycles. The summed E-state index contributed by atoms with van der Waals surface area (Å²) in [6.45, 7) is 8.57. The molecule has 2 rings (SSSR count). The van der Waals surface area contributed by atoms with Crippen molar-refractivity contribution < 1.29 is 4.79 Å². The van der Waals surface area contributed by atoms with Crippen LogP contribution in [0.5, 0.6) is 0 Å². The van der Waals surface area contributed by atoms with Crippen LogP contribution in [0.3, 0.4) is 0 Å². The number of hydrogen-bond donors (Lipinski definition) is 2. The van der Waals surface area contributed by atoms with Gasteiger partial charge in [0.2, 0.25) is 5.91 Å². The third-order valence-corrected chi connectivity index (χ3v) is 4.42. The summed E-state index contributed by atoms with van der Waals surface area (Å²) in [7, 11) is 0. The van der Waals surface area contributed by atoms with Crippen molar-refractivity contribution in [2.24, 2.45) is 17.1 Å². The highest BCUT2D eigenvalue weighted by Crippen LogP contribution is 2.26. The van der Waals surface area contributed by atoms with Crippen molar-refractivity contribution in [1.29, 1.82) is 0 Å². The predicted molar refractivity (Wildman–Crippen MR) is 99.8 cm³/mol. The van der Waals surface area contributed by atoms with Gasteiger partial charge in [0.05, 0.1) is 6.04 Å². The minimum atomic E-state index is -0.151. The largest absolute Gasteiger partial charge is 0.348 e. The van der Waals surface area contributed by atoms with Crippen LogP contribution in [0.2, 0.25) is 0 Å². The Hall–Kier alpha value is -1.58. The van der Waals surface area contributed by atoms with E-state index in [0.717, 1.165) is 10.9 Å². The van der Waals surface area contributed by atoms with Crippen molar-refractivity contribution >= 4 is 29.1 Å². The van der Waals surface area contributed by atoms with Gasteiger partial charge in [0, 0.05) is 12.5 Å². The van der Waals surface area contributed by atoms with Crippen LogP contribution in [-0.4, -0.2) is 12.5 Å². The normalized spacial score (nSPS) is 14.0.